The molecular formula is C24H22N4O2S. The van der Waals surface area contributed by atoms with E-state index in [-0.39, 0.29) is 12.5 Å². The fourth-order valence-corrected chi connectivity index (χ4v) is 4.77. The number of fused-ring (bicyclic) bond motifs is 1. The normalized spacial score (nSPS) is 14.1. The Morgan fingerprint density at radius 3 is 2.39 bits per heavy atom. The second kappa shape index (κ2) is 8.73. The highest BCUT2D eigenvalue weighted by molar-refractivity contribution is 7.17. The third kappa shape index (κ3) is 4.09. The molecule has 156 valence electrons. The Hall–Kier alpha value is -3.45. The molecule has 0 spiro atoms. The van der Waals surface area contributed by atoms with Crippen molar-refractivity contribution in [2.24, 2.45) is 0 Å². The molecule has 1 aliphatic rings. The van der Waals surface area contributed by atoms with Crippen LogP contribution in [0.3, 0.4) is 0 Å². The minimum atomic E-state index is -0.0263. The molecule has 1 aliphatic heterocycles. The maximum Gasteiger partial charge on any atom is 0.260 e. The van der Waals surface area contributed by atoms with Crippen LogP contribution in [0.15, 0.2) is 72.4 Å². The second-order valence-electron chi connectivity index (χ2n) is 7.37. The van der Waals surface area contributed by atoms with E-state index in [1.807, 2.05) is 41.3 Å². The topological polar surface area (TPSA) is 58.6 Å². The quantitative estimate of drug-likeness (QED) is 0.477. The minimum Gasteiger partial charge on any atom is -0.467 e. The number of hydrogen-bond donors (Lipinski definition) is 0. The van der Waals surface area contributed by atoms with E-state index < -0.39 is 0 Å². The lowest BCUT2D eigenvalue weighted by molar-refractivity contribution is -0.133. The minimum absolute atomic E-state index is 0.0176. The Balaban J connectivity index is 1.26. The summed E-state index contributed by atoms with van der Waals surface area (Å²) in [6.45, 7) is 2.97. The van der Waals surface area contributed by atoms with E-state index >= 15 is 0 Å². The monoisotopic (exact) mass is 430 g/mol. The van der Waals surface area contributed by atoms with Crippen LogP contribution in [0.25, 0.3) is 21.3 Å². The Labute approximate surface area is 184 Å². The number of para-hydroxylation sites is 1. The van der Waals surface area contributed by atoms with Gasteiger partial charge in [-0.1, -0.05) is 48.5 Å². The van der Waals surface area contributed by atoms with Gasteiger partial charge in [-0.2, -0.15) is 0 Å². The van der Waals surface area contributed by atoms with Crippen LogP contribution in [0, 0.1) is 0 Å². The van der Waals surface area contributed by atoms with Gasteiger partial charge >= 0.3 is 0 Å². The molecule has 0 radical (unpaired) electrons. The Morgan fingerprint density at radius 2 is 1.65 bits per heavy atom. The van der Waals surface area contributed by atoms with Crippen LogP contribution < -0.4 is 9.64 Å². The molecule has 5 rings (SSSR count). The number of hydrogen-bond acceptors (Lipinski definition) is 6. The molecular weight excluding hydrogens is 408 g/mol. The highest BCUT2D eigenvalue weighted by atomic mass is 32.1. The number of carbonyl (C=O) groups excluding carboxylic acids is 1. The average Bonchev–Trinajstić information content (AvgIpc) is 3.29. The van der Waals surface area contributed by atoms with Gasteiger partial charge in [0.1, 0.15) is 11.2 Å². The summed E-state index contributed by atoms with van der Waals surface area (Å²) < 4.78 is 5.92. The number of rotatable bonds is 5. The number of carbonyl (C=O) groups is 1. The van der Waals surface area contributed by atoms with Gasteiger partial charge in [-0.05, 0) is 17.7 Å². The molecule has 0 N–H and O–H groups in total. The van der Waals surface area contributed by atoms with Gasteiger partial charge in [-0.3, -0.25) is 4.79 Å². The SMILES string of the molecule is O=C(COc1ncnc2scc(-c3ccccc3)c12)N1CCN(c2ccccc2)CC1. The Bertz CT molecular complexity index is 1170. The van der Waals surface area contributed by atoms with Crippen molar-refractivity contribution in [3.05, 3.63) is 72.4 Å². The molecule has 0 bridgehead atoms. The molecule has 7 heteroatoms. The molecule has 1 saturated heterocycles. The molecule has 0 saturated carbocycles. The second-order valence-corrected chi connectivity index (χ2v) is 8.22. The fourth-order valence-electron chi connectivity index (χ4n) is 3.86. The van der Waals surface area contributed by atoms with Crippen LogP contribution >= 0.6 is 11.3 Å². The van der Waals surface area contributed by atoms with Crippen molar-refractivity contribution in [3.63, 3.8) is 0 Å². The lowest BCUT2D eigenvalue weighted by Gasteiger charge is -2.36. The highest BCUT2D eigenvalue weighted by Crippen LogP contribution is 2.37. The number of thiophene rings is 1. The summed E-state index contributed by atoms with van der Waals surface area (Å²) in [6.07, 6.45) is 1.49. The lowest BCUT2D eigenvalue weighted by Crippen LogP contribution is -2.50. The largest absolute Gasteiger partial charge is 0.467 e. The number of anilines is 1. The standard InChI is InChI=1S/C24H22N4O2S/c29-21(28-13-11-27(12-14-28)19-9-5-2-6-10-19)15-30-23-22-20(18-7-3-1-4-8-18)16-31-24(22)26-17-25-23/h1-10,16-17H,11-15H2. The van der Waals surface area contributed by atoms with E-state index in [0.717, 1.165) is 34.4 Å². The lowest BCUT2D eigenvalue weighted by atomic mass is 10.1. The average molecular weight is 431 g/mol. The van der Waals surface area contributed by atoms with Gasteiger partial charge < -0.3 is 14.5 Å². The number of nitrogens with zero attached hydrogens (tertiary/aromatic N) is 4. The van der Waals surface area contributed by atoms with Gasteiger partial charge in [0.05, 0.1) is 5.39 Å². The Kier molecular flexibility index (Phi) is 5.50. The van der Waals surface area contributed by atoms with Crippen molar-refractivity contribution in [1.82, 2.24) is 14.9 Å². The molecule has 4 aromatic rings. The number of ether oxygens (including phenoxy) is 1. The van der Waals surface area contributed by atoms with Crippen molar-refractivity contribution < 1.29 is 9.53 Å². The fraction of sp³-hybridized carbons (Fsp3) is 0.208. The van der Waals surface area contributed by atoms with Crippen LogP contribution in [0.1, 0.15) is 0 Å². The molecule has 1 amide bonds. The first-order valence-electron chi connectivity index (χ1n) is 10.3. The zero-order chi connectivity index (χ0) is 21.0. The van der Waals surface area contributed by atoms with Crippen molar-refractivity contribution >= 4 is 33.1 Å². The summed E-state index contributed by atoms with van der Waals surface area (Å²) in [6, 6.07) is 20.4. The van der Waals surface area contributed by atoms with E-state index in [1.54, 1.807) is 11.3 Å². The molecule has 1 fully saturated rings. The van der Waals surface area contributed by atoms with Crippen LogP contribution in [-0.2, 0) is 4.79 Å². The molecule has 3 heterocycles. The van der Waals surface area contributed by atoms with Crippen LogP contribution in [0.5, 0.6) is 5.88 Å². The van der Waals surface area contributed by atoms with Gasteiger partial charge in [0.25, 0.3) is 5.91 Å². The van der Waals surface area contributed by atoms with Crippen molar-refractivity contribution in [2.45, 2.75) is 0 Å². The van der Waals surface area contributed by atoms with Gasteiger partial charge in [-0.25, -0.2) is 9.97 Å². The summed E-state index contributed by atoms with van der Waals surface area (Å²) in [5.74, 6) is 0.442. The molecule has 0 unspecified atom stereocenters. The summed E-state index contributed by atoms with van der Waals surface area (Å²) in [4.78, 5) is 26.5. The predicted octanol–water partition coefficient (Wildman–Crippen LogP) is 4.09. The van der Waals surface area contributed by atoms with Gasteiger partial charge in [0, 0.05) is 42.8 Å². The Morgan fingerprint density at radius 1 is 0.935 bits per heavy atom. The number of benzene rings is 2. The molecule has 2 aromatic carbocycles. The molecule has 6 nitrogen and oxygen atoms in total. The summed E-state index contributed by atoms with van der Waals surface area (Å²) in [5.41, 5.74) is 3.30. The smallest absolute Gasteiger partial charge is 0.260 e. The summed E-state index contributed by atoms with van der Waals surface area (Å²) >= 11 is 1.55. The maximum atomic E-state index is 12.8. The summed E-state index contributed by atoms with van der Waals surface area (Å²) in [5, 5.41) is 2.92. The third-order valence-corrected chi connectivity index (χ3v) is 6.39. The zero-order valence-corrected chi connectivity index (χ0v) is 17.8. The van der Waals surface area contributed by atoms with E-state index in [9.17, 15) is 4.79 Å². The summed E-state index contributed by atoms with van der Waals surface area (Å²) in [7, 11) is 0. The van der Waals surface area contributed by atoms with E-state index in [0.29, 0.717) is 19.0 Å². The number of amides is 1. The number of aromatic nitrogens is 2. The maximum absolute atomic E-state index is 12.8. The van der Waals surface area contributed by atoms with Crippen LogP contribution in [-0.4, -0.2) is 53.6 Å². The van der Waals surface area contributed by atoms with E-state index in [4.69, 9.17) is 4.74 Å². The van der Waals surface area contributed by atoms with Crippen LogP contribution in [0.4, 0.5) is 5.69 Å². The van der Waals surface area contributed by atoms with E-state index in [1.165, 1.54) is 12.0 Å². The van der Waals surface area contributed by atoms with Crippen LogP contribution in [0.2, 0.25) is 0 Å². The molecule has 0 atom stereocenters. The number of piperazine rings is 1. The predicted molar refractivity (Wildman–Crippen MR) is 124 cm³/mol. The first-order valence-corrected chi connectivity index (χ1v) is 11.2. The van der Waals surface area contributed by atoms with E-state index in [2.05, 4.69) is 44.5 Å². The van der Waals surface area contributed by atoms with Gasteiger partial charge in [0.15, 0.2) is 6.61 Å². The molecule has 2 aromatic heterocycles. The molecule has 31 heavy (non-hydrogen) atoms. The van der Waals surface area contributed by atoms with Gasteiger partial charge in [-0.15, -0.1) is 11.3 Å². The van der Waals surface area contributed by atoms with Gasteiger partial charge in [0.2, 0.25) is 5.88 Å². The van der Waals surface area contributed by atoms with Crippen molar-refractivity contribution in [2.75, 3.05) is 37.7 Å². The first-order chi connectivity index (χ1) is 15.3. The van der Waals surface area contributed by atoms with Crippen molar-refractivity contribution in [1.29, 1.82) is 0 Å². The molecule has 0 aliphatic carbocycles. The van der Waals surface area contributed by atoms with Crippen molar-refractivity contribution in [3.8, 4) is 17.0 Å². The first kappa shape index (κ1) is 19.5. The third-order valence-electron chi connectivity index (χ3n) is 5.51. The highest BCUT2D eigenvalue weighted by Gasteiger charge is 2.22. The zero-order valence-electron chi connectivity index (χ0n) is 17.0.